The first-order valence-electron chi connectivity index (χ1n) is 5.07. The zero-order valence-electron chi connectivity index (χ0n) is 8.17. The second-order valence-corrected chi connectivity index (χ2v) is 4.77. The summed E-state index contributed by atoms with van der Waals surface area (Å²) < 4.78 is 0. The van der Waals surface area contributed by atoms with E-state index in [1.54, 1.807) is 0 Å². The van der Waals surface area contributed by atoms with E-state index in [1.807, 2.05) is 0 Å². The van der Waals surface area contributed by atoms with E-state index in [0.29, 0.717) is 4.83 Å². The minimum atomic E-state index is 0.0744. The molecule has 0 saturated carbocycles. The summed E-state index contributed by atoms with van der Waals surface area (Å²) in [5.41, 5.74) is 0. The molecule has 1 saturated heterocycles. The molecule has 3 heteroatoms. The summed E-state index contributed by atoms with van der Waals surface area (Å²) >= 11 is 3.57. The number of piperidine rings is 1. The maximum atomic E-state index is 9.06. The highest BCUT2D eigenvalue weighted by atomic mass is 79.9. The number of hydrogen-bond donors (Lipinski definition) is 0. The van der Waals surface area contributed by atoms with Crippen LogP contribution in [-0.4, -0.2) is 28.9 Å². The number of likely N-dealkylation sites (tertiary alicyclic amines) is 1. The van der Waals surface area contributed by atoms with Gasteiger partial charge in [-0.3, -0.25) is 4.90 Å². The zero-order valence-corrected chi connectivity index (χ0v) is 9.76. The second-order valence-electron chi connectivity index (χ2n) is 3.59. The molecule has 1 fully saturated rings. The molecule has 1 aliphatic heterocycles. The first-order chi connectivity index (χ1) is 6.29. The van der Waals surface area contributed by atoms with Crippen molar-refractivity contribution < 1.29 is 0 Å². The zero-order chi connectivity index (χ0) is 9.68. The molecule has 74 valence electrons. The van der Waals surface area contributed by atoms with E-state index >= 15 is 0 Å². The van der Waals surface area contributed by atoms with Crippen LogP contribution in [-0.2, 0) is 0 Å². The second kappa shape index (κ2) is 5.62. The normalized spacial score (nSPS) is 23.5. The first kappa shape index (κ1) is 11.0. The monoisotopic (exact) mass is 244 g/mol. The molecule has 2 atom stereocenters. The van der Waals surface area contributed by atoms with Gasteiger partial charge in [0, 0.05) is 4.83 Å². The molecule has 0 spiro atoms. The van der Waals surface area contributed by atoms with Crippen LogP contribution in [0.2, 0.25) is 0 Å². The summed E-state index contributed by atoms with van der Waals surface area (Å²) in [6.45, 7) is 4.31. The van der Waals surface area contributed by atoms with Gasteiger partial charge in [0.15, 0.2) is 0 Å². The van der Waals surface area contributed by atoms with E-state index in [0.717, 1.165) is 19.5 Å². The molecule has 0 aromatic heterocycles. The Morgan fingerprint density at radius 3 is 2.46 bits per heavy atom. The smallest absolute Gasteiger partial charge is 0.110 e. The van der Waals surface area contributed by atoms with Crippen LogP contribution in [0.4, 0.5) is 0 Å². The summed E-state index contributed by atoms with van der Waals surface area (Å²) in [5.74, 6) is 0. The Kier molecular flexibility index (Phi) is 4.76. The van der Waals surface area contributed by atoms with E-state index in [9.17, 15) is 0 Å². The van der Waals surface area contributed by atoms with Crippen LogP contribution in [0, 0.1) is 11.3 Å². The quantitative estimate of drug-likeness (QED) is 0.714. The average molecular weight is 245 g/mol. The molecule has 0 radical (unpaired) electrons. The molecule has 0 aliphatic carbocycles. The van der Waals surface area contributed by atoms with Gasteiger partial charge in [0.05, 0.1) is 6.07 Å². The number of halogens is 1. The van der Waals surface area contributed by atoms with E-state index in [4.69, 9.17) is 5.26 Å². The molecule has 2 unspecified atom stereocenters. The lowest BCUT2D eigenvalue weighted by Gasteiger charge is -2.32. The summed E-state index contributed by atoms with van der Waals surface area (Å²) in [6.07, 6.45) is 4.85. The Balaban J connectivity index is 2.50. The van der Waals surface area contributed by atoms with Gasteiger partial charge in [-0.1, -0.05) is 29.3 Å². The molecule has 1 rings (SSSR count). The van der Waals surface area contributed by atoms with E-state index < -0.39 is 0 Å². The predicted octanol–water partition coefficient (Wildman–Crippen LogP) is 2.54. The first-order valence-corrected chi connectivity index (χ1v) is 5.99. The van der Waals surface area contributed by atoms with Crippen molar-refractivity contribution in [1.82, 2.24) is 4.90 Å². The lowest BCUT2D eigenvalue weighted by atomic mass is 10.1. The number of nitrogens with zero attached hydrogens (tertiary/aromatic N) is 2. The molecule has 13 heavy (non-hydrogen) atoms. The van der Waals surface area contributed by atoms with E-state index in [-0.39, 0.29) is 6.04 Å². The molecule has 0 amide bonds. The summed E-state index contributed by atoms with van der Waals surface area (Å²) in [5, 5.41) is 9.06. The number of hydrogen-bond acceptors (Lipinski definition) is 2. The Morgan fingerprint density at radius 2 is 2.00 bits per heavy atom. The van der Waals surface area contributed by atoms with Gasteiger partial charge in [0.1, 0.15) is 6.04 Å². The molecule has 0 bridgehead atoms. The van der Waals surface area contributed by atoms with Crippen molar-refractivity contribution in [3.63, 3.8) is 0 Å². The van der Waals surface area contributed by atoms with Crippen molar-refractivity contribution in [2.45, 2.75) is 43.5 Å². The van der Waals surface area contributed by atoms with Crippen LogP contribution in [0.1, 0.15) is 32.6 Å². The fraction of sp³-hybridized carbons (Fsp3) is 0.900. The van der Waals surface area contributed by atoms with Gasteiger partial charge in [0.25, 0.3) is 0 Å². The van der Waals surface area contributed by atoms with Crippen LogP contribution < -0.4 is 0 Å². The van der Waals surface area contributed by atoms with Crippen molar-refractivity contribution in [3.8, 4) is 6.07 Å². The van der Waals surface area contributed by atoms with Crippen LogP contribution in [0.5, 0.6) is 0 Å². The van der Waals surface area contributed by atoms with Crippen LogP contribution in [0.15, 0.2) is 0 Å². The summed E-state index contributed by atoms with van der Waals surface area (Å²) in [6, 6.07) is 2.48. The number of alkyl halides is 1. The maximum absolute atomic E-state index is 9.06. The molecule has 0 aromatic carbocycles. The third-order valence-corrected chi connectivity index (χ3v) is 3.80. The maximum Gasteiger partial charge on any atom is 0.110 e. The average Bonchev–Trinajstić information content (AvgIpc) is 2.20. The Morgan fingerprint density at radius 1 is 1.38 bits per heavy atom. The van der Waals surface area contributed by atoms with Crippen LogP contribution >= 0.6 is 15.9 Å². The van der Waals surface area contributed by atoms with Gasteiger partial charge in [0.2, 0.25) is 0 Å². The molecule has 1 heterocycles. The highest BCUT2D eigenvalue weighted by molar-refractivity contribution is 9.09. The van der Waals surface area contributed by atoms with E-state index in [1.165, 1.54) is 19.3 Å². The molecule has 1 aliphatic rings. The number of nitriles is 1. The summed E-state index contributed by atoms with van der Waals surface area (Å²) in [4.78, 5) is 2.64. The third-order valence-electron chi connectivity index (χ3n) is 2.65. The highest BCUT2D eigenvalue weighted by Crippen LogP contribution is 2.19. The van der Waals surface area contributed by atoms with Crippen molar-refractivity contribution in [1.29, 1.82) is 5.26 Å². The Bertz CT molecular complexity index is 182. The topological polar surface area (TPSA) is 27.0 Å². The largest absolute Gasteiger partial charge is 0.287 e. The van der Waals surface area contributed by atoms with Gasteiger partial charge < -0.3 is 0 Å². The molecule has 2 nitrogen and oxygen atoms in total. The van der Waals surface area contributed by atoms with Gasteiger partial charge in [-0.25, -0.2) is 0 Å². The molecular formula is C10H17BrN2. The van der Waals surface area contributed by atoms with Gasteiger partial charge in [-0.05, 0) is 32.4 Å². The minimum Gasteiger partial charge on any atom is -0.287 e. The van der Waals surface area contributed by atoms with Gasteiger partial charge in [-0.15, -0.1) is 0 Å². The van der Waals surface area contributed by atoms with Crippen molar-refractivity contribution in [2.75, 3.05) is 13.1 Å². The number of rotatable bonds is 3. The third kappa shape index (κ3) is 2.96. The fourth-order valence-corrected chi connectivity index (χ4v) is 2.26. The highest BCUT2D eigenvalue weighted by Gasteiger charge is 2.25. The minimum absolute atomic E-state index is 0.0744. The fourth-order valence-electron chi connectivity index (χ4n) is 1.81. The Hall–Kier alpha value is -0.0700. The van der Waals surface area contributed by atoms with Crippen molar-refractivity contribution in [2.24, 2.45) is 0 Å². The standard InChI is InChI=1S/C10H17BrN2/c1-2-9(11)10(8-12)13-6-4-3-5-7-13/h9-10H,2-7H2,1H3. The molecule has 0 aromatic rings. The molecule has 0 N–H and O–H groups in total. The summed E-state index contributed by atoms with van der Waals surface area (Å²) in [7, 11) is 0. The SMILES string of the molecule is CCC(Br)C(C#N)N1CCCCC1. The Labute approximate surface area is 89.0 Å². The van der Waals surface area contributed by atoms with Crippen molar-refractivity contribution >= 4 is 15.9 Å². The predicted molar refractivity (Wildman–Crippen MR) is 57.8 cm³/mol. The van der Waals surface area contributed by atoms with Gasteiger partial charge >= 0.3 is 0 Å². The van der Waals surface area contributed by atoms with Crippen LogP contribution in [0.3, 0.4) is 0 Å². The molecular weight excluding hydrogens is 228 g/mol. The lowest BCUT2D eigenvalue weighted by Crippen LogP contribution is -2.43. The van der Waals surface area contributed by atoms with Crippen molar-refractivity contribution in [3.05, 3.63) is 0 Å². The van der Waals surface area contributed by atoms with Gasteiger partial charge in [-0.2, -0.15) is 5.26 Å². The van der Waals surface area contributed by atoms with Crippen LogP contribution in [0.25, 0.3) is 0 Å². The van der Waals surface area contributed by atoms with E-state index in [2.05, 4.69) is 33.8 Å². The lowest BCUT2D eigenvalue weighted by molar-refractivity contribution is 0.192.